The van der Waals surface area contributed by atoms with Crippen LogP contribution in [-0.4, -0.2) is 15.0 Å². The van der Waals surface area contributed by atoms with Crippen LogP contribution in [0, 0.1) is 0 Å². The Bertz CT molecular complexity index is 380. The Morgan fingerprint density at radius 3 is 3.00 bits per heavy atom. The molecule has 0 aliphatic heterocycles. The van der Waals surface area contributed by atoms with Gasteiger partial charge >= 0.3 is 0 Å². The second kappa shape index (κ2) is 2.16. The van der Waals surface area contributed by atoms with Gasteiger partial charge in [0.25, 0.3) is 0 Å². The number of hydrogen-bond acceptors (Lipinski definition) is 4. The molecule has 2 aromatic heterocycles. The molecule has 2 heterocycles. The first-order valence-electron chi connectivity index (χ1n) is 3.18. The highest BCUT2D eigenvalue weighted by molar-refractivity contribution is 5.85. The zero-order valence-corrected chi connectivity index (χ0v) is 5.73. The van der Waals surface area contributed by atoms with E-state index >= 15 is 0 Å². The lowest BCUT2D eigenvalue weighted by Gasteiger charge is -1.96. The summed E-state index contributed by atoms with van der Waals surface area (Å²) >= 11 is 0. The maximum atomic E-state index is 5.55. The van der Waals surface area contributed by atoms with E-state index in [1.807, 2.05) is 6.07 Å². The van der Waals surface area contributed by atoms with E-state index < -0.39 is 0 Å². The van der Waals surface area contributed by atoms with Gasteiger partial charge in [0.05, 0.1) is 0 Å². The van der Waals surface area contributed by atoms with E-state index in [1.54, 1.807) is 12.4 Å². The van der Waals surface area contributed by atoms with E-state index in [0.717, 1.165) is 5.39 Å². The molecule has 0 unspecified atom stereocenters. The van der Waals surface area contributed by atoms with Crippen molar-refractivity contribution in [1.82, 2.24) is 15.0 Å². The largest absolute Gasteiger partial charge is 0.382 e. The number of rotatable bonds is 0. The lowest BCUT2D eigenvalue weighted by molar-refractivity contribution is 1.21. The number of nitrogens with zero attached hydrogens (tertiary/aromatic N) is 3. The monoisotopic (exact) mass is 146 g/mol. The quantitative estimate of drug-likeness (QED) is 0.591. The Balaban J connectivity index is 2.91. The maximum absolute atomic E-state index is 5.55. The molecule has 0 bridgehead atoms. The molecule has 2 aromatic rings. The average molecular weight is 146 g/mol. The highest BCUT2D eigenvalue weighted by atomic mass is 14.9. The summed E-state index contributed by atoms with van der Waals surface area (Å²) in [7, 11) is 0. The molecule has 0 spiro atoms. The standard InChI is InChI=1S/C7H6N4/c8-7-6-5(1-2-10-7)3-9-4-11-6/h1-4H,(H2,8,10). The van der Waals surface area contributed by atoms with E-state index in [-0.39, 0.29) is 0 Å². The summed E-state index contributed by atoms with van der Waals surface area (Å²) in [4.78, 5) is 11.7. The zero-order chi connectivity index (χ0) is 7.68. The van der Waals surface area contributed by atoms with Gasteiger partial charge in [0, 0.05) is 17.8 Å². The Labute approximate surface area is 63.1 Å². The van der Waals surface area contributed by atoms with Gasteiger partial charge in [0.2, 0.25) is 0 Å². The minimum atomic E-state index is 0.449. The highest BCUT2D eigenvalue weighted by Crippen LogP contribution is 2.12. The molecule has 4 heteroatoms. The minimum Gasteiger partial charge on any atom is -0.382 e. The summed E-state index contributed by atoms with van der Waals surface area (Å²) in [6.45, 7) is 0. The number of anilines is 1. The molecule has 2 rings (SSSR count). The Morgan fingerprint density at radius 2 is 2.18 bits per heavy atom. The second-order valence-corrected chi connectivity index (χ2v) is 2.16. The smallest absolute Gasteiger partial charge is 0.150 e. The lowest BCUT2D eigenvalue weighted by atomic mass is 10.3. The summed E-state index contributed by atoms with van der Waals surface area (Å²) in [5.41, 5.74) is 6.27. The van der Waals surface area contributed by atoms with Crippen LogP contribution < -0.4 is 5.73 Å². The van der Waals surface area contributed by atoms with Gasteiger partial charge in [-0.05, 0) is 6.07 Å². The van der Waals surface area contributed by atoms with E-state index in [2.05, 4.69) is 15.0 Å². The van der Waals surface area contributed by atoms with Crippen molar-refractivity contribution in [3.63, 3.8) is 0 Å². The van der Waals surface area contributed by atoms with Crippen LogP contribution in [0.15, 0.2) is 24.8 Å². The molecule has 0 aliphatic carbocycles. The maximum Gasteiger partial charge on any atom is 0.150 e. The first-order valence-corrected chi connectivity index (χ1v) is 3.18. The number of nitrogen functional groups attached to an aromatic ring is 1. The lowest BCUT2D eigenvalue weighted by Crippen LogP contribution is -1.92. The van der Waals surface area contributed by atoms with E-state index in [4.69, 9.17) is 5.73 Å². The third-order valence-corrected chi connectivity index (χ3v) is 1.45. The van der Waals surface area contributed by atoms with Gasteiger partial charge in [-0.2, -0.15) is 0 Å². The molecule has 0 atom stereocenters. The highest BCUT2D eigenvalue weighted by Gasteiger charge is 1.96. The third kappa shape index (κ3) is 0.881. The summed E-state index contributed by atoms with van der Waals surface area (Å²) in [6, 6.07) is 1.83. The number of hydrogen-bond donors (Lipinski definition) is 1. The van der Waals surface area contributed by atoms with Crippen molar-refractivity contribution >= 4 is 16.7 Å². The first kappa shape index (κ1) is 6.03. The van der Waals surface area contributed by atoms with Crippen molar-refractivity contribution in [2.75, 3.05) is 5.73 Å². The fourth-order valence-electron chi connectivity index (χ4n) is 0.935. The van der Waals surface area contributed by atoms with Crippen molar-refractivity contribution in [2.24, 2.45) is 0 Å². The Hall–Kier alpha value is -1.71. The van der Waals surface area contributed by atoms with Crippen molar-refractivity contribution < 1.29 is 0 Å². The van der Waals surface area contributed by atoms with Gasteiger partial charge in [0.1, 0.15) is 17.7 Å². The number of aromatic nitrogens is 3. The number of pyridine rings is 1. The average Bonchev–Trinajstić information content (AvgIpc) is 2.06. The van der Waals surface area contributed by atoms with Crippen molar-refractivity contribution in [2.45, 2.75) is 0 Å². The molecule has 0 radical (unpaired) electrons. The van der Waals surface area contributed by atoms with Gasteiger partial charge in [-0.25, -0.2) is 15.0 Å². The van der Waals surface area contributed by atoms with Crippen LogP contribution in [0.4, 0.5) is 5.82 Å². The second-order valence-electron chi connectivity index (χ2n) is 2.16. The SMILES string of the molecule is Nc1nccc2cncnc12. The number of fused-ring (bicyclic) bond motifs is 1. The fraction of sp³-hybridized carbons (Fsp3) is 0. The topological polar surface area (TPSA) is 64.7 Å². The Kier molecular flexibility index (Phi) is 1.18. The van der Waals surface area contributed by atoms with Gasteiger partial charge in [-0.3, -0.25) is 0 Å². The summed E-state index contributed by atoms with van der Waals surface area (Å²) < 4.78 is 0. The molecule has 54 valence electrons. The summed E-state index contributed by atoms with van der Waals surface area (Å²) in [5, 5.41) is 0.917. The molecule has 11 heavy (non-hydrogen) atoms. The Morgan fingerprint density at radius 1 is 1.27 bits per heavy atom. The minimum absolute atomic E-state index is 0.449. The van der Waals surface area contributed by atoms with Crippen LogP contribution in [0.25, 0.3) is 10.9 Å². The van der Waals surface area contributed by atoms with Crippen molar-refractivity contribution in [3.8, 4) is 0 Å². The van der Waals surface area contributed by atoms with Gasteiger partial charge in [-0.1, -0.05) is 0 Å². The van der Waals surface area contributed by atoms with E-state index in [0.29, 0.717) is 11.3 Å². The zero-order valence-electron chi connectivity index (χ0n) is 5.73. The molecule has 0 fully saturated rings. The van der Waals surface area contributed by atoms with Crippen LogP contribution in [0.1, 0.15) is 0 Å². The van der Waals surface area contributed by atoms with Gasteiger partial charge in [0.15, 0.2) is 0 Å². The normalized spacial score (nSPS) is 10.2. The van der Waals surface area contributed by atoms with Crippen molar-refractivity contribution in [1.29, 1.82) is 0 Å². The molecule has 0 aliphatic rings. The van der Waals surface area contributed by atoms with Crippen LogP contribution in [0.2, 0.25) is 0 Å². The molecule has 4 nitrogen and oxygen atoms in total. The molecular weight excluding hydrogens is 140 g/mol. The molecule has 0 saturated carbocycles. The van der Waals surface area contributed by atoms with Gasteiger partial charge in [-0.15, -0.1) is 0 Å². The van der Waals surface area contributed by atoms with Crippen molar-refractivity contribution in [3.05, 3.63) is 24.8 Å². The predicted molar refractivity (Wildman–Crippen MR) is 41.7 cm³/mol. The molecule has 0 amide bonds. The van der Waals surface area contributed by atoms with Crippen LogP contribution >= 0.6 is 0 Å². The molecule has 2 N–H and O–H groups in total. The fourth-order valence-corrected chi connectivity index (χ4v) is 0.935. The van der Waals surface area contributed by atoms with E-state index in [9.17, 15) is 0 Å². The van der Waals surface area contributed by atoms with Crippen LogP contribution in [0.3, 0.4) is 0 Å². The number of nitrogens with two attached hydrogens (primary N) is 1. The summed E-state index contributed by atoms with van der Waals surface area (Å²) in [6.07, 6.45) is 4.81. The van der Waals surface area contributed by atoms with Gasteiger partial charge < -0.3 is 5.73 Å². The van der Waals surface area contributed by atoms with Crippen LogP contribution in [-0.2, 0) is 0 Å². The van der Waals surface area contributed by atoms with E-state index in [1.165, 1.54) is 6.33 Å². The third-order valence-electron chi connectivity index (χ3n) is 1.45. The first-order chi connectivity index (χ1) is 5.38. The molecular formula is C7H6N4. The molecule has 0 saturated heterocycles. The van der Waals surface area contributed by atoms with Crippen LogP contribution in [0.5, 0.6) is 0 Å². The molecule has 0 aromatic carbocycles. The summed E-state index contributed by atoms with van der Waals surface area (Å²) in [5.74, 6) is 0.449. The predicted octanol–water partition coefficient (Wildman–Crippen LogP) is 0.607.